The van der Waals surface area contributed by atoms with Crippen LogP contribution in [0, 0.1) is 11.3 Å². The normalized spacial score (nSPS) is 21.7. The Hall–Kier alpha value is -2.63. The van der Waals surface area contributed by atoms with E-state index in [1.54, 1.807) is 6.26 Å². The van der Waals surface area contributed by atoms with Crippen molar-refractivity contribution >= 4 is 16.9 Å². The molecule has 1 atom stereocenters. The molecule has 5 nitrogen and oxygen atoms in total. The lowest BCUT2D eigenvalue weighted by Crippen LogP contribution is -2.52. The zero-order valence-electron chi connectivity index (χ0n) is 19.5. The van der Waals surface area contributed by atoms with Gasteiger partial charge >= 0.3 is 0 Å². The maximum absolute atomic E-state index is 14.1. The Morgan fingerprint density at radius 3 is 2.67 bits per heavy atom. The number of benzene rings is 2. The van der Waals surface area contributed by atoms with Crippen LogP contribution >= 0.6 is 0 Å². The first-order valence-corrected chi connectivity index (χ1v) is 12.2. The van der Waals surface area contributed by atoms with E-state index in [1.165, 1.54) is 11.1 Å². The molecule has 5 rings (SSSR count). The van der Waals surface area contributed by atoms with Crippen molar-refractivity contribution in [3.8, 4) is 0 Å². The summed E-state index contributed by atoms with van der Waals surface area (Å²) in [6.07, 6.45) is 5.27. The van der Waals surface area contributed by atoms with E-state index in [2.05, 4.69) is 53.2 Å². The summed E-state index contributed by atoms with van der Waals surface area (Å²) in [5.74, 6) is 0.591. The third kappa shape index (κ3) is 4.85. The minimum absolute atomic E-state index is 0.275. The molecule has 1 aromatic heterocycles. The summed E-state index contributed by atoms with van der Waals surface area (Å²) in [5, 5.41) is 1.16. The summed E-state index contributed by atoms with van der Waals surface area (Å²) in [7, 11) is 2.16. The summed E-state index contributed by atoms with van der Waals surface area (Å²) in [6, 6.07) is 18.8. The third-order valence-corrected chi connectivity index (χ3v) is 7.50. The maximum atomic E-state index is 14.1. The van der Waals surface area contributed by atoms with Gasteiger partial charge < -0.3 is 19.0 Å². The van der Waals surface area contributed by atoms with Crippen molar-refractivity contribution in [3.63, 3.8) is 0 Å². The van der Waals surface area contributed by atoms with Crippen LogP contribution in [0.5, 0.6) is 0 Å². The van der Waals surface area contributed by atoms with Crippen LogP contribution in [-0.4, -0.2) is 62.1 Å². The van der Waals surface area contributed by atoms with Crippen LogP contribution in [0.25, 0.3) is 11.0 Å². The van der Waals surface area contributed by atoms with Gasteiger partial charge in [-0.1, -0.05) is 42.5 Å². The maximum Gasteiger partial charge on any atom is 0.229 e. The lowest BCUT2D eigenvalue weighted by atomic mass is 9.72. The quantitative estimate of drug-likeness (QED) is 0.583. The highest BCUT2D eigenvalue weighted by Gasteiger charge is 2.43. The van der Waals surface area contributed by atoms with Gasteiger partial charge in [0, 0.05) is 24.4 Å². The van der Waals surface area contributed by atoms with Gasteiger partial charge in [-0.3, -0.25) is 4.79 Å². The molecule has 2 saturated heterocycles. The lowest BCUT2D eigenvalue weighted by molar-refractivity contribution is -0.145. The van der Waals surface area contributed by atoms with E-state index in [1.807, 2.05) is 18.2 Å². The van der Waals surface area contributed by atoms with E-state index in [-0.39, 0.29) is 11.3 Å². The first-order valence-electron chi connectivity index (χ1n) is 12.2. The monoisotopic (exact) mass is 446 g/mol. The average Bonchev–Trinajstić information content (AvgIpc) is 3.21. The van der Waals surface area contributed by atoms with E-state index < -0.39 is 0 Å². The highest BCUT2D eigenvalue weighted by molar-refractivity contribution is 5.83. The molecule has 174 valence electrons. The first kappa shape index (κ1) is 22.2. The number of rotatable bonds is 5. The van der Waals surface area contributed by atoms with Gasteiger partial charge in [0.25, 0.3) is 0 Å². The van der Waals surface area contributed by atoms with E-state index in [4.69, 9.17) is 9.15 Å². The second kappa shape index (κ2) is 9.70. The van der Waals surface area contributed by atoms with Crippen molar-refractivity contribution in [1.82, 2.24) is 9.80 Å². The fraction of sp³-hybridized carbons (Fsp3) is 0.464. The van der Waals surface area contributed by atoms with Crippen molar-refractivity contribution in [2.24, 2.45) is 11.3 Å². The Bertz CT molecular complexity index is 1070. The van der Waals surface area contributed by atoms with Crippen molar-refractivity contribution in [1.29, 1.82) is 0 Å². The summed E-state index contributed by atoms with van der Waals surface area (Å²) >= 11 is 0. The molecule has 3 aromatic rings. The van der Waals surface area contributed by atoms with E-state index in [0.717, 1.165) is 56.3 Å². The number of carbonyl (C=O) groups excluding carboxylic acids is 1. The molecule has 2 aliphatic rings. The predicted octanol–water partition coefficient (Wildman–Crippen LogP) is 4.41. The smallest absolute Gasteiger partial charge is 0.229 e. The number of piperidine rings is 1. The van der Waals surface area contributed by atoms with Gasteiger partial charge in [-0.25, -0.2) is 0 Å². The van der Waals surface area contributed by atoms with Crippen LogP contribution in [-0.2, 0) is 22.4 Å². The van der Waals surface area contributed by atoms with E-state index in [9.17, 15) is 4.79 Å². The second-order valence-corrected chi connectivity index (χ2v) is 9.89. The number of likely N-dealkylation sites (tertiary alicyclic amines) is 1. The fourth-order valence-corrected chi connectivity index (χ4v) is 5.57. The molecular weight excluding hydrogens is 412 g/mol. The molecule has 2 aliphatic heterocycles. The van der Waals surface area contributed by atoms with Crippen LogP contribution in [0.2, 0.25) is 0 Å². The molecule has 0 N–H and O–H groups in total. The van der Waals surface area contributed by atoms with Crippen molar-refractivity contribution in [3.05, 3.63) is 72.0 Å². The van der Waals surface area contributed by atoms with E-state index in [0.29, 0.717) is 25.7 Å². The van der Waals surface area contributed by atoms with Crippen LogP contribution in [0.1, 0.15) is 24.0 Å². The molecule has 0 bridgehead atoms. The SMILES string of the molecule is CN1CCC(Cc2ccccc2)(C(=O)N2CCOC[C@H](Cc3cccc4occc34)C2)CC1. The molecule has 2 aromatic carbocycles. The molecule has 1 amide bonds. The number of furan rings is 1. The van der Waals surface area contributed by atoms with Gasteiger partial charge in [0.15, 0.2) is 0 Å². The summed E-state index contributed by atoms with van der Waals surface area (Å²) in [5.41, 5.74) is 3.11. The molecule has 0 radical (unpaired) electrons. The summed E-state index contributed by atoms with van der Waals surface area (Å²) < 4.78 is 11.6. The van der Waals surface area contributed by atoms with Gasteiger partial charge in [-0.2, -0.15) is 0 Å². The lowest BCUT2D eigenvalue weighted by Gasteiger charge is -2.42. The molecule has 5 heteroatoms. The zero-order chi connectivity index (χ0) is 22.7. The molecule has 0 aliphatic carbocycles. The topological polar surface area (TPSA) is 45.9 Å². The highest BCUT2D eigenvalue weighted by atomic mass is 16.5. The number of carbonyl (C=O) groups is 1. The number of fused-ring (bicyclic) bond motifs is 1. The van der Waals surface area contributed by atoms with Crippen molar-refractivity contribution in [2.45, 2.75) is 25.7 Å². The second-order valence-electron chi connectivity index (χ2n) is 9.89. The molecule has 0 saturated carbocycles. The fourth-order valence-electron chi connectivity index (χ4n) is 5.57. The average molecular weight is 447 g/mol. The Kier molecular flexibility index (Phi) is 6.52. The van der Waals surface area contributed by atoms with Crippen molar-refractivity contribution in [2.75, 3.05) is 46.4 Å². The Morgan fingerprint density at radius 1 is 1.03 bits per heavy atom. The van der Waals surface area contributed by atoms with Crippen LogP contribution in [0.15, 0.2) is 65.3 Å². The largest absolute Gasteiger partial charge is 0.464 e. The number of nitrogens with zero attached hydrogens (tertiary/aromatic N) is 2. The summed E-state index contributed by atoms with van der Waals surface area (Å²) in [6.45, 7) is 4.66. The summed E-state index contributed by atoms with van der Waals surface area (Å²) in [4.78, 5) is 18.6. The van der Waals surface area contributed by atoms with Crippen LogP contribution < -0.4 is 0 Å². The molecule has 0 unspecified atom stereocenters. The number of amides is 1. The minimum atomic E-state index is -0.326. The molecule has 33 heavy (non-hydrogen) atoms. The minimum Gasteiger partial charge on any atom is -0.464 e. The van der Waals surface area contributed by atoms with Crippen LogP contribution in [0.4, 0.5) is 0 Å². The van der Waals surface area contributed by atoms with Gasteiger partial charge in [0.05, 0.1) is 24.9 Å². The number of hydrogen-bond acceptors (Lipinski definition) is 4. The van der Waals surface area contributed by atoms with Crippen LogP contribution in [0.3, 0.4) is 0 Å². The molecule has 3 heterocycles. The molecule has 2 fully saturated rings. The Morgan fingerprint density at radius 2 is 1.85 bits per heavy atom. The first-order chi connectivity index (χ1) is 16.1. The van der Waals surface area contributed by atoms with Gasteiger partial charge in [0.1, 0.15) is 5.58 Å². The standard InChI is InChI=1S/C28H34N2O3/c1-29-13-11-28(12-14-29,19-22-6-3-2-4-7-22)27(31)30-15-17-32-21-23(20-30)18-24-8-5-9-26-25(24)10-16-33-26/h2-10,16,23H,11-15,17-21H2,1H3/t23-/m1/s1. The van der Waals surface area contributed by atoms with Gasteiger partial charge in [-0.05, 0) is 69.1 Å². The number of ether oxygens (including phenoxy) is 1. The third-order valence-electron chi connectivity index (χ3n) is 7.50. The van der Waals surface area contributed by atoms with Gasteiger partial charge in [-0.15, -0.1) is 0 Å². The van der Waals surface area contributed by atoms with Gasteiger partial charge in [0.2, 0.25) is 5.91 Å². The Balaban J connectivity index is 1.36. The Labute approximate surface area is 196 Å². The number of hydrogen-bond donors (Lipinski definition) is 0. The zero-order valence-corrected chi connectivity index (χ0v) is 19.5. The molecular formula is C28H34N2O3. The predicted molar refractivity (Wildman–Crippen MR) is 130 cm³/mol. The highest BCUT2D eigenvalue weighted by Crippen LogP contribution is 2.37. The molecule has 0 spiro atoms. The van der Waals surface area contributed by atoms with Crippen molar-refractivity contribution < 1.29 is 13.9 Å². The van der Waals surface area contributed by atoms with E-state index >= 15 is 0 Å².